The number of hydrogen-bond donors (Lipinski definition) is 0. The Morgan fingerprint density at radius 3 is 2.48 bits per heavy atom. The van der Waals surface area contributed by atoms with Crippen LogP contribution in [0.15, 0.2) is 18.2 Å². The van der Waals surface area contributed by atoms with Crippen LogP contribution in [0.4, 0.5) is 10.5 Å². The number of nitro benzene ring substituents is 1. The predicted octanol–water partition coefficient (Wildman–Crippen LogP) is 4.41. The van der Waals surface area contributed by atoms with Crippen molar-refractivity contribution in [2.24, 2.45) is 11.3 Å². The van der Waals surface area contributed by atoms with Crippen molar-refractivity contribution in [2.45, 2.75) is 52.1 Å². The molecule has 3 rings (SSSR count). The number of benzene rings is 1. The molecule has 1 aliphatic carbocycles. The molecule has 0 radical (unpaired) electrons. The van der Waals surface area contributed by atoms with Crippen LogP contribution in [0.5, 0.6) is 11.5 Å². The lowest BCUT2D eigenvalue weighted by Gasteiger charge is -2.52. The lowest BCUT2D eigenvalue weighted by atomic mass is 9.58. The zero-order valence-electron chi connectivity index (χ0n) is 17.6. The normalized spacial score (nSPS) is 18.8. The molecule has 1 aromatic carbocycles. The van der Waals surface area contributed by atoms with Crippen molar-refractivity contribution in [3.8, 4) is 11.5 Å². The third kappa shape index (κ3) is 5.10. The maximum absolute atomic E-state index is 12.2. The molecule has 2 aliphatic rings. The van der Waals surface area contributed by atoms with Gasteiger partial charge in [0.2, 0.25) is 5.75 Å². The average Bonchev–Trinajstić information content (AvgIpc) is 2.63. The number of ether oxygens (including phenoxy) is 3. The monoisotopic (exact) mass is 406 g/mol. The van der Waals surface area contributed by atoms with Crippen molar-refractivity contribution in [2.75, 3.05) is 26.8 Å². The molecule has 1 spiro atoms. The van der Waals surface area contributed by atoms with Crippen LogP contribution in [0.2, 0.25) is 0 Å². The van der Waals surface area contributed by atoms with Gasteiger partial charge in [-0.2, -0.15) is 0 Å². The summed E-state index contributed by atoms with van der Waals surface area (Å²) >= 11 is 0. The second kappa shape index (κ2) is 8.08. The lowest BCUT2D eigenvalue weighted by molar-refractivity contribution is -0.385. The van der Waals surface area contributed by atoms with E-state index in [1.807, 2.05) is 25.7 Å². The summed E-state index contributed by atoms with van der Waals surface area (Å²) in [6.45, 7) is 7.71. The number of nitrogens with zero attached hydrogens (tertiary/aromatic N) is 2. The highest BCUT2D eigenvalue weighted by molar-refractivity contribution is 5.68. The van der Waals surface area contributed by atoms with Gasteiger partial charge in [0.05, 0.1) is 18.6 Å². The SMILES string of the molecule is COc1cc(OCC2CC3(CCN(C(=O)OC(C)(C)C)CC3)C2)ccc1[N+](=O)[O-]. The fourth-order valence-electron chi connectivity index (χ4n) is 4.29. The molecule has 160 valence electrons. The van der Waals surface area contributed by atoms with Crippen molar-refractivity contribution < 1.29 is 23.9 Å². The minimum Gasteiger partial charge on any atom is -0.493 e. The van der Waals surface area contributed by atoms with Crippen LogP contribution >= 0.6 is 0 Å². The zero-order chi connectivity index (χ0) is 21.2. The van der Waals surface area contributed by atoms with Gasteiger partial charge in [-0.15, -0.1) is 0 Å². The zero-order valence-corrected chi connectivity index (χ0v) is 17.6. The molecular formula is C21H30N2O6. The van der Waals surface area contributed by atoms with E-state index in [9.17, 15) is 14.9 Å². The average molecular weight is 406 g/mol. The van der Waals surface area contributed by atoms with Crippen LogP contribution in [0, 0.1) is 21.4 Å². The number of rotatable bonds is 5. The number of likely N-dealkylation sites (tertiary alicyclic amines) is 1. The number of carbonyl (C=O) groups is 1. The quantitative estimate of drug-likeness (QED) is 0.531. The Bertz CT molecular complexity index is 757. The molecule has 29 heavy (non-hydrogen) atoms. The molecule has 0 atom stereocenters. The summed E-state index contributed by atoms with van der Waals surface area (Å²) in [7, 11) is 1.41. The van der Waals surface area contributed by atoms with Gasteiger partial charge in [0.1, 0.15) is 11.4 Å². The Morgan fingerprint density at radius 2 is 1.93 bits per heavy atom. The molecule has 1 heterocycles. The van der Waals surface area contributed by atoms with E-state index in [-0.39, 0.29) is 17.5 Å². The minimum absolute atomic E-state index is 0.0702. The molecule has 1 saturated carbocycles. The number of hydrogen-bond acceptors (Lipinski definition) is 6. The first kappa shape index (κ1) is 21.2. The molecule has 1 aliphatic heterocycles. The molecule has 1 saturated heterocycles. The summed E-state index contributed by atoms with van der Waals surface area (Å²) in [5, 5.41) is 11.0. The number of carbonyl (C=O) groups excluding carboxylic acids is 1. The van der Waals surface area contributed by atoms with E-state index in [2.05, 4.69) is 0 Å². The molecule has 0 N–H and O–H groups in total. The fraction of sp³-hybridized carbons (Fsp3) is 0.667. The summed E-state index contributed by atoms with van der Waals surface area (Å²) in [4.78, 5) is 24.5. The third-order valence-electron chi connectivity index (χ3n) is 5.75. The van der Waals surface area contributed by atoms with Gasteiger partial charge in [-0.3, -0.25) is 10.1 Å². The first-order valence-corrected chi connectivity index (χ1v) is 10.0. The van der Waals surface area contributed by atoms with Crippen LogP contribution in [-0.2, 0) is 4.74 Å². The van der Waals surface area contributed by atoms with E-state index in [0.717, 1.165) is 38.8 Å². The number of piperidine rings is 1. The first-order chi connectivity index (χ1) is 13.6. The van der Waals surface area contributed by atoms with Crippen molar-refractivity contribution in [1.82, 2.24) is 4.90 Å². The summed E-state index contributed by atoms with van der Waals surface area (Å²) in [5.74, 6) is 1.24. The highest BCUT2D eigenvalue weighted by Gasteiger charge is 2.46. The van der Waals surface area contributed by atoms with E-state index in [1.54, 1.807) is 12.1 Å². The summed E-state index contributed by atoms with van der Waals surface area (Å²) in [6.07, 6.45) is 3.93. The van der Waals surface area contributed by atoms with E-state index in [4.69, 9.17) is 14.2 Å². The molecule has 8 nitrogen and oxygen atoms in total. The standard InChI is InChI=1S/C21H30N2O6/c1-20(2,3)29-19(24)22-9-7-21(8-10-22)12-15(13-21)14-28-16-5-6-17(23(25)26)18(11-16)27-4/h5-6,11,15H,7-10,12-14H2,1-4H3. The molecule has 1 aromatic rings. The molecule has 1 amide bonds. The second-order valence-corrected chi connectivity index (χ2v) is 9.14. The van der Waals surface area contributed by atoms with Crippen LogP contribution in [0.3, 0.4) is 0 Å². The predicted molar refractivity (Wildman–Crippen MR) is 107 cm³/mol. The molecule has 8 heteroatoms. The highest BCUT2D eigenvalue weighted by Crippen LogP contribution is 2.52. The van der Waals surface area contributed by atoms with E-state index in [1.165, 1.54) is 13.2 Å². The van der Waals surface area contributed by atoms with Gasteiger partial charge < -0.3 is 19.1 Å². The van der Waals surface area contributed by atoms with Gasteiger partial charge >= 0.3 is 11.8 Å². The van der Waals surface area contributed by atoms with Gasteiger partial charge in [0.15, 0.2) is 0 Å². The van der Waals surface area contributed by atoms with E-state index < -0.39 is 10.5 Å². The summed E-state index contributed by atoms with van der Waals surface area (Å²) in [6, 6.07) is 4.57. The van der Waals surface area contributed by atoms with Crippen LogP contribution in [-0.4, -0.2) is 48.3 Å². The number of nitro groups is 1. The maximum atomic E-state index is 12.2. The van der Waals surface area contributed by atoms with Gasteiger partial charge in [0, 0.05) is 25.2 Å². The summed E-state index contributed by atoms with van der Waals surface area (Å²) < 4.78 is 16.4. The Hall–Kier alpha value is -2.51. The topological polar surface area (TPSA) is 91.1 Å². The van der Waals surface area contributed by atoms with Crippen molar-refractivity contribution >= 4 is 11.8 Å². The summed E-state index contributed by atoms with van der Waals surface area (Å²) in [5.41, 5.74) is -0.232. The molecule has 0 bridgehead atoms. The molecule has 0 unspecified atom stereocenters. The first-order valence-electron chi connectivity index (χ1n) is 10.0. The second-order valence-electron chi connectivity index (χ2n) is 9.14. The Balaban J connectivity index is 1.44. The van der Waals surface area contributed by atoms with E-state index in [0.29, 0.717) is 23.7 Å². The van der Waals surface area contributed by atoms with Gasteiger partial charge in [-0.25, -0.2) is 4.79 Å². The Morgan fingerprint density at radius 1 is 1.28 bits per heavy atom. The van der Waals surface area contributed by atoms with Gasteiger partial charge in [-0.1, -0.05) is 0 Å². The van der Waals surface area contributed by atoms with Crippen molar-refractivity contribution in [3.63, 3.8) is 0 Å². The molecular weight excluding hydrogens is 376 g/mol. The fourth-order valence-corrected chi connectivity index (χ4v) is 4.29. The number of amides is 1. The smallest absolute Gasteiger partial charge is 0.410 e. The molecule has 2 fully saturated rings. The van der Waals surface area contributed by atoms with Gasteiger partial charge in [0.25, 0.3) is 0 Å². The van der Waals surface area contributed by atoms with Crippen LogP contribution in [0.25, 0.3) is 0 Å². The van der Waals surface area contributed by atoms with Crippen LogP contribution < -0.4 is 9.47 Å². The van der Waals surface area contributed by atoms with Gasteiger partial charge in [-0.05, 0) is 63.9 Å². The van der Waals surface area contributed by atoms with E-state index >= 15 is 0 Å². The lowest BCUT2D eigenvalue weighted by Crippen LogP contribution is -2.50. The number of methoxy groups -OCH3 is 1. The molecule has 0 aromatic heterocycles. The third-order valence-corrected chi connectivity index (χ3v) is 5.75. The maximum Gasteiger partial charge on any atom is 0.410 e. The van der Waals surface area contributed by atoms with Crippen LogP contribution in [0.1, 0.15) is 46.5 Å². The van der Waals surface area contributed by atoms with Crippen molar-refractivity contribution in [3.05, 3.63) is 28.3 Å². The Kier molecular flexibility index (Phi) is 5.91. The largest absolute Gasteiger partial charge is 0.493 e. The van der Waals surface area contributed by atoms with Crippen molar-refractivity contribution in [1.29, 1.82) is 0 Å². The Labute approximate surface area is 171 Å². The minimum atomic E-state index is -0.470. The highest BCUT2D eigenvalue weighted by atomic mass is 16.6.